The molecule has 8 nitrogen and oxygen atoms in total. The SMILES string of the molecule is BrCc1ccncc1.CC(C)(C)c1cccc(CNC(c2ccccc2)[C@H](N)c2ccccc2)c1O.CC(C)(C)c1cccc(CNC(c2ccccc2)[C@H](NCc2ccncc2)c2ccccc2)c1O. The minimum Gasteiger partial charge on any atom is -0.507 e. The van der Waals surface area contributed by atoms with Gasteiger partial charge in [0, 0.05) is 66.9 Å². The molecule has 0 spiro atoms. The Labute approximate surface area is 431 Å². The molecule has 0 saturated carbocycles. The number of phenolic OH excluding ortho intramolecular Hbond substituents is 2. The lowest BCUT2D eigenvalue weighted by atomic mass is 9.85. The third-order valence-corrected chi connectivity index (χ3v) is 13.1. The Bertz CT molecular complexity index is 2750. The van der Waals surface area contributed by atoms with E-state index in [1.54, 1.807) is 12.4 Å². The van der Waals surface area contributed by atoms with E-state index in [2.05, 4.69) is 156 Å². The van der Waals surface area contributed by atoms with Crippen molar-refractivity contribution in [3.8, 4) is 11.5 Å². The quantitative estimate of drug-likeness (QED) is 0.0528. The van der Waals surface area contributed by atoms with Gasteiger partial charge in [-0.15, -0.1) is 0 Å². The highest BCUT2D eigenvalue weighted by Crippen LogP contribution is 2.36. The van der Waals surface area contributed by atoms with E-state index in [1.807, 2.05) is 122 Å². The zero-order chi connectivity index (χ0) is 50.6. The lowest BCUT2D eigenvalue weighted by molar-refractivity contribution is 0.375. The number of nitrogens with zero attached hydrogens (tertiary/aromatic N) is 2. The number of benzene rings is 6. The first-order valence-corrected chi connectivity index (χ1v) is 25.5. The van der Waals surface area contributed by atoms with Crippen molar-refractivity contribution in [2.24, 2.45) is 5.73 Å². The van der Waals surface area contributed by atoms with Crippen molar-refractivity contribution in [1.29, 1.82) is 0 Å². The molecule has 0 saturated heterocycles. The number of nitrogens with one attached hydrogen (secondary N) is 3. The standard InChI is InChI=1S/C31H35N3O.C25H30N2O.C6H6BrN/c1-31(2,3)27-16-10-15-26(30(27)35)22-34-29(25-13-8-5-9-14-25)28(24-11-6-4-7-12-24)33-21-23-17-19-32-20-18-23;1-25(2,3)21-16-10-15-20(24(21)28)17-27-23(19-13-8-5-9-14-19)22(26)18-11-6-4-7-12-18;7-5-6-1-3-8-4-2-6/h4-20,28-29,33-35H,21-22H2,1-3H3;4-16,22-23,27-28H,17,26H2,1-3H3;1-4H,5H2/t28-,29?;22-,23?;/m11./s1. The summed E-state index contributed by atoms with van der Waals surface area (Å²) in [6.07, 6.45) is 7.23. The average molecular weight is 1010 g/mol. The predicted molar refractivity (Wildman–Crippen MR) is 296 cm³/mol. The Kier molecular flexibility index (Phi) is 20.2. The topological polar surface area (TPSA) is 128 Å². The van der Waals surface area contributed by atoms with Gasteiger partial charge in [0.1, 0.15) is 11.5 Å². The molecule has 2 unspecified atom stereocenters. The van der Waals surface area contributed by atoms with Crippen LogP contribution in [0.2, 0.25) is 0 Å². The number of aromatic nitrogens is 2. The van der Waals surface area contributed by atoms with Crippen molar-refractivity contribution < 1.29 is 10.2 Å². The maximum absolute atomic E-state index is 11.1. The van der Waals surface area contributed by atoms with Gasteiger partial charge in [0.25, 0.3) is 0 Å². The molecule has 8 rings (SSSR count). The summed E-state index contributed by atoms with van der Waals surface area (Å²) in [5, 5.41) is 33.9. The number of hydrogen-bond acceptors (Lipinski definition) is 8. The molecule has 7 N–H and O–H groups in total. The first-order chi connectivity index (χ1) is 34.2. The lowest BCUT2D eigenvalue weighted by Gasteiger charge is -2.31. The first kappa shape index (κ1) is 53.9. The highest BCUT2D eigenvalue weighted by atomic mass is 79.9. The molecule has 0 aliphatic carbocycles. The summed E-state index contributed by atoms with van der Waals surface area (Å²) in [5.41, 5.74) is 17.2. The van der Waals surface area contributed by atoms with Crippen LogP contribution in [0.1, 0.15) is 121 Å². The van der Waals surface area contributed by atoms with Gasteiger partial charge in [-0.05, 0) is 79.6 Å². The molecule has 0 amide bonds. The third-order valence-electron chi connectivity index (χ3n) is 12.4. The van der Waals surface area contributed by atoms with E-state index in [0.717, 1.165) is 45.3 Å². The van der Waals surface area contributed by atoms with E-state index in [0.29, 0.717) is 24.6 Å². The van der Waals surface area contributed by atoms with E-state index in [-0.39, 0.29) is 35.0 Å². The van der Waals surface area contributed by atoms with Crippen molar-refractivity contribution in [2.75, 3.05) is 0 Å². The molecule has 4 atom stereocenters. The number of nitrogens with two attached hydrogens (primary N) is 1. The van der Waals surface area contributed by atoms with Crippen LogP contribution in [0, 0.1) is 0 Å². The summed E-state index contributed by atoms with van der Waals surface area (Å²) in [7, 11) is 0. The second kappa shape index (κ2) is 26.7. The highest BCUT2D eigenvalue weighted by Gasteiger charge is 2.27. The highest BCUT2D eigenvalue weighted by molar-refractivity contribution is 9.08. The van der Waals surface area contributed by atoms with Crippen LogP contribution in [-0.4, -0.2) is 20.2 Å². The molecule has 0 fully saturated rings. The largest absolute Gasteiger partial charge is 0.507 e. The Balaban J connectivity index is 0.000000204. The van der Waals surface area contributed by atoms with Crippen LogP contribution in [0.4, 0.5) is 0 Å². The third kappa shape index (κ3) is 16.0. The van der Waals surface area contributed by atoms with Gasteiger partial charge in [0.15, 0.2) is 0 Å². The Morgan fingerprint density at radius 2 is 0.761 bits per heavy atom. The van der Waals surface area contributed by atoms with Gasteiger partial charge in [-0.3, -0.25) is 9.97 Å². The van der Waals surface area contributed by atoms with Crippen molar-refractivity contribution in [3.63, 3.8) is 0 Å². The average Bonchev–Trinajstić information content (AvgIpc) is 3.39. The van der Waals surface area contributed by atoms with Gasteiger partial charge in [-0.25, -0.2) is 0 Å². The maximum atomic E-state index is 11.1. The van der Waals surface area contributed by atoms with E-state index in [9.17, 15) is 10.2 Å². The Morgan fingerprint density at radius 1 is 0.423 bits per heavy atom. The molecule has 9 heteroatoms. The fraction of sp³-hybridized carbons (Fsp3) is 0.258. The molecule has 2 heterocycles. The predicted octanol–water partition coefficient (Wildman–Crippen LogP) is 13.6. The monoisotopic (exact) mass is 1010 g/mol. The van der Waals surface area contributed by atoms with Crippen molar-refractivity contribution >= 4 is 15.9 Å². The molecule has 0 aliphatic heterocycles. The number of alkyl halides is 1. The molecule has 71 heavy (non-hydrogen) atoms. The van der Waals surface area contributed by atoms with Crippen molar-refractivity contribution in [1.82, 2.24) is 25.9 Å². The van der Waals surface area contributed by atoms with E-state index in [1.165, 1.54) is 22.3 Å². The molecular weight excluding hydrogens is 941 g/mol. The molecule has 6 aromatic carbocycles. The number of pyridine rings is 2. The number of para-hydroxylation sites is 2. The summed E-state index contributed by atoms with van der Waals surface area (Å²) in [5.74, 6) is 0.739. The summed E-state index contributed by atoms with van der Waals surface area (Å²) in [6, 6.07) is 61.2. The minimum atomic E-state index is -0.198. The molecule has 2 aromatic heterocycles. The van der Waals surface area contributed by atoms with Gasteiger partial charge in [-0.1, -0.05) is 215 Å². The second-order valence-electron chi connectivity index (χ2n) is 19.7. The van der Waals surface area contributed by atoms with Crippen LogP contribution in [0.15, 0.2) is 207 Å². The first-order valence-electron chi connectivity index (χ1n) is 24.4. The van der Waals surface area contributed by atoms with E-state index >= 15 is 0 Å². The second-order valence-corrected chi connectivity index (χ2v) is 20.3. The maximum Gasteiger partial charge on any atom is 0.123 e. The molecule has 0 radical (unpaired) electrons. The summed E-state index contributed by atoms with van der Waals surface area (Å²) < 4.78 is 0. The van der Waals surface area contributed by atoms with Gasteiger partial charge in [0.2, 0.25) is 0 Å². The van der Waals surface area contributed by atoms with Gasteiger partial charge in [0.05, 0.1) is 18.1 Å². The van der Waals surface area contributed by atoms with Crippen LogP contribution in [-0.2, 0) is 35.8 Å². The van der Waals surface area contributed by atoms with Gasteiger partial charge >= 0.3 is 0 Å². The van der Waals surface area contributed by atoms with Gasteiger partial charge < -0.3 is 31.9 Å². The van der Waals surface area contributed by atoms with E-state index in [4.69, 9.17) is 5.73 Å². The van der Waals surface area contributed by atoms with Crippen LogP contribution >= 0.6 is 15.9 Å². The van der Waals surface area contributed by atoms with Crippen LogP contribution in [0.25, 0.3) is 0 Å². The zero-order valence-electron chi connectivity index (χ0n) is 42.0. The van der Waals surface area contributed by atoms with Gasteiger partial charge in [-0.2, -0.15) is 0 Å². The van der Waals surface area contributed by atoms with E-state index < -0.39 is 0 Å². The summed E-state index contributed by atoms with van der Waals surface area (Å²) >= 11 is 3.33. The normalized spacial score (nSPS) is 13.1. The van der Waals surface area contributed by atoms with Crippen LogP contribution in [0.3, 0.4) is 0 Å². The molecule has 368 valence electrons. The summed E-state index contributed by atoms with van der Waals surface area (Å²) in [4.78, 5) is 8.02. The Morgan fingerprint density at radius 3 is 1.13 bits per heavy atom. The smallest absolute Gasteiger partial charge is 0.123 e. The van der Waals surface area contributed by atoms with Crippen LogP contribution in [0.5, 0.6) is 11.5 Å². The van der Waals surface area contributed by atoms with Crippen molar-refractivity contribution in [3.05, 3.63) is 262 Å². The lowest BCUT2D eigenvalue weighted by Crippen LogP contribution is -2.35. The minimum absolute atomic E-state index is 0.0136. The number of phenols is 2. The number of rotatable bonds is 16. The number of aromatic hydroxyl groups is 2. The number of hydrogen-bond donors (Lipinski definition) is 6. The number of halogens is 1. The molecule has 8 aromatic rings. The fourth-order valence-electron chi connectivity index (χ4n) is 8.48. The fourth-order valence-corrected chi connectivity index (χ4v) is 8.85. The molecular formula is C62H71BrN6O2. The van der Waals surface area contributed by atoms with Crippen molar-refractivity contribution in [2.45, 2.75) is 102 Å². The van der Waals surface area contributed by atoms with Crippen LogP contribution < -0.4 is 21.7 Å². The zero-order valence-corrected chi connectivity index (χ0v) is 43.6. The Hall–Kier alpha value is -6.46. The summed E-state index contributed by atoms with van der Waals surface area (Å²) in [6.45, 7) is 14.5. The molecule has 0 aliphatic rings. The molecule has 0 bridgehead atoms.